The molecule has 1 aliphatic heterocycles. The Kier molecular flexibility index (Phi) is 4.91. The van der Waals surface area contributed by atoms with Crippen LogP contribution in [0.5, 0.6) is 0 Å². The number of amides is 1. The van der Waals surface area contributed by atoms with Gasteiger partial charge in [-0.2, -0.15) is 0 Å². The van der Waals surface area contributed by atoms with Crippen molar-refractivity contribution >= 4 is 11.6 Å². The molecule has 1 N–H and O–H groups in total. The van der Waals surface area contributed by atoms with E-state index in [0.29, 0.717) is 5.69 Å². The lowest BCUT2D eigenvalue weighted by Gasteiger charge is -2.26. The SMILES string of the molecule is C[C@H](C(=O)Nc1cccc(F)c1)N1CCCCCC1. The molecule has 1 amide bonds. The lowest BCUT2D eigenvalue weighted by molar-refractivity contribution is -0.120. The number of benzene rings is 1. The highest BCUT2D eigenvalue weighted by molar-refractivity contribution is 5.94. The molecule has 1 saturated heterocycles. The summed E-state index contributed by atoms with van der Waals surface area (Å²) in [5.74, 6) is -0.396. The van der Waals surface area contributed by atoms with Crippen molar-refractivity contribution in [2.24, 2.45) is 0 Å². The van der Waals surface area contributed by atoms with Crippen molar-refractivity contribution in [1.82, 2.24) is 4.90 Å². The van der Waals surface area contributed by atoms with E-state index in [2.05, 4.69) is 10.2 Å². The molecule has 4 heteroatoms. The summed E-state index contributed by atoms with van der Waals surface area (Å²) in [5, 5.41) is 2.78. The highest BCUT2D eigenvalue weighted by Crippen LogP contribution is 2.15. The van der Waals surface area contributed by atoms with Crippen LogP contribution >= 0.6 is 0 Å². The predicted molar refractivity (Wildman–Crippen MR) is 74.5 cm³/mol. The first kappa shape index (κ1) is 14.0. The Bertz CT molecular complexity index is 428. The minimum atomic E-state index is -0.333. The van der Waals surface area contributed by atoms with E-state index in [0.717, 1.165) is 25.9 Å². The Balaban J connectivity index is 1.94. The van der Waals surface area contributed by atoms with Crippen LogP contribution in [-0.4, -0.2) is 29.9 Å². The minimum Gasteiger partial charge on any atom is -0.325 e. The lowest BCUT2D eigenvalue weighted by atomic mass is 10.2. The van der Waals surface area contributed by atoms with E-state index in [1.807, 2.05) is 6.92 Å². The van der Waals surface area contributed by atoms with E-state index in [1.54, 1.807) is 12.1 Å². The van der Waals surface area contributed by atoms with E-state index >= 15 is 0 Å². The van der Waals surface area contributed by atoms with Crippen LogP contribution in [0.3, 0.4) is 0 Å². The zero-order valence-corrected chi connectivity index (χ0v) is 11.4. The van der Waals surface area contributed by atoms with E-state index < -0.39 is 0 Å². The monoisotopic (exact) mass is 264 g/mol. The van der Waals surface area contributed by atoms with Gasteiger partial charge in [-0.3, -0.25) is 9.69 Å². The Morgan fingerprint density at radius 3 is 2.58 bits per heavy atom. The Hall–Kier alpha value is -1.42. The van der Waals surface area contributed by atoms with Gasteiger partial charge < -0.3 is 5.32 Å². The van der Waals surface area contributed by atoms with Gasteiger partial charge in [0, 0.05) is 5.69 Å². The summed E-state index contributed by atoms with van der Waals surface area (Å²) in [4.78, 5) is 14.4. The number of nitrogens with zero attached hydrogens (tertiary/aromatic N) is 1. The summed E-state index contributed by atoms with van der Waals surface area (Å²) >= 11 is 0. The summed E-state index contributed by atoms with van der Waals surface area (Å²) in [6.07, 6.45) is 4.79. The largest absolute Gasteiger partial charge is 0.325 e. The summed E-state index contributed by atoms with van der Waals surface area (Å²) in [5.41, 5.74) is 0.520. The highest BCUT2D eigenvalue weighted by atomic mass is 19.1. The summed E-state index contributed by atoms with van der Waals surface area (Å²) in [7, 11) is 0. The molecule has 0 unspecified atom stereocenters. The fraction of sp³-hybridized carbons (Fsp3) is 0.533. The lowest BCUT2D eigenvalue weighted by Crippen LogP contribution is -2.42. The maximum absolute atomic E-state index is 13.1. The van der Waals surface area contributed by atoms with Crippen molar-refractivity contribution in [3.8, 4) is 0 Å². The summed E-state index contributed by atoms with van der Waals surface area (Å²) in [6.45, 7) is 3.86. The average Bonchev–Trinajstić information content (AvgIpc) is 2.66. The van der Waals surface area contributed by atoms with E-state index in [-0.39, 0.29) is 17.8 Å². The van der Waals surface area contributed by atoms with Crippen LogP contribution in [0.1, 0.15) is 32.6 Å². The molecule has 0 radical (unpaired) electrons. The zero-order valence-electron chi connectivity index (χ0n) is 11.4. The molecule has 2 rings (SSSR count). The molecule has 1 heterocycles. The first-order valence-electron chi connectivity index (χ1n) is 6.97. The van der Waals surface area contributed by atoms with Gasteiger partial charge in [-0.1, -0.05) is 18.9 Å². The Morgan fingerprint density at radius 1 is 1.26 bits per heavy atom. The summed E-state index contributed by atoms with van der Waals surface area (Å²) in [6, 6.07) is 5.85. The number of hydrogen-bond acceptors (Lipinski definition) is 2. The number of halogens is 1. The topological polar surface area (TPSA) is 32.3 Å². The second-order valence-corrected chi connectivity index (χ2v) is 5.13. The number of likely N-dealkylation sites (tertiary alicyclic amines) is 1. The highest BCUT2D eigenvalue weighted by Gasteiger charge is 2.22. The van der Waals surface area contributed by atoms with Crippen LogP contribution in [0.15, 0.2) is 24.3 Å². The number of anilines is 1. The standard InChI is InChI=1S/C15H21FN2O/c1-12(18-9-4-2-3-5-10-18)15(19)17-14-8-6-7-13(16)11-14/h6-8,11-12H,2-5,9-10H2,1H3,(H,17,19)/t12-/m1/s1. The zero-order chi connectivity index (χ0) is 13.7. The molecule has 1 fully saturated rings. The van der Waals surface area contributed by atoms with Crippen molar-refractivity contribution in [2.45, 2.75) is 38.6 Å². The van der Waals surface area contributed by atoms with Gasteiger partial charge in [-0.15, -0.1) is 0 Å². The van der Waals surface area contributed by atoms with Gasteiger partial charge in [0.05, 0.1) is 6.04 Å². The van der Waals surface area contributed by atoms with E-state index in [9.17, 15) is 9.18 Å². The number of rotatable bonds is 3. The Morgan fingerprint density at radius 2 is 1.95 bits per heavy atom. The molecule has 1 atom stereocenters. The van der Waals surface area contributed by atoms with Crippen LogP contribution in [0.2, 0.25) is 0 Å². The quantitative estimate of drug-likeness (QED) is 0.910. The first-order chi connectivity index (χ1) is 9.16. The maximum Gasteiger partial charge on any atom is 0.241 e. The second-order valence-electron chi connectivity index (χ2n) is 5.13. The predicted octanol–water partition coefficient (Wildman–Crippen LogP) is 3.03. The third-order valence-corrected chi connectivity index (χ3v) is 3.66. The third-order valence-electron chi connectivity index (χ3n) is 3.66. The van der Waals surface area contributed by atoms with Crippen LogP contribution in [0.25, 0.3) is 0 Å². The van der Waals surface area contributed by atoms with Crippen LogP contribution in [-0.2, 0) is 4.79 Å². The van der Waals surface area contributed by atoms with Gasteiger partial charge >= 0.3 is 0 Å². The smallest absolute Gasteiger partial charge is 0.241 e. The molecular formula is C15H21FN2O. The molecule has 0 bridgehead atoms. The number of carbonyl (C=O) groups excluding carboxylic acids is 1. The molecule has 3 nitrogen and oxygen atoms in total. The summed E-state index contributed by atoms with van der Waals surface area (Å²) < 4.78 is 13.1. The third kappa shape index (κ3) is 4.03. The number of nitrogens with one attached hydrogen (secondary N) is 1. The van der Waals surface area contributed by atoms with Gasteiger partial charge in [-0.25, -0.2) is 4.39 Å². The van der Waals surface area contributed by atoms with E-state index in [1.165, 1.54) is 25.0 Å². The molecule has 1 aliphatic rings. The minimum absolute atomic E-state index is 0.0625. The van der Waals surface area contributed by atoms with Gasteiger partial charge in [0.25, 0.3) is 0 Å². The average molecular weight is 264 g/mol. The van der Waals surface area contributed by atoms with Gasteiger partial charge in [0.1, 0.15) is 5.82 Å². The number of hydrogen-bond donors (Lipinski definition) is 1. The molecule has 19 heavy (non-hydrogen) atoms. The van der Waals surface area contributed by atoms with Crippen molar-refractivity contribution in [2.75, 3.05) is 18.4 Å². The molecule has 1 aromatic carbocycles. The van der Waals surface area contributed by atoms with Gasteiger partial charge in [0.2, 0.25) is 5.91 Å². The van der Waals surface area contributed by atoms with Crippen LogP contribution in [0, 0.1) is 5.82 Å². The molecule has 0 aliphatic carbocycles. The first-order valence-corrected chi connectivity index (χ1v) is 6.97. The molecule has 0 spiro atoms. The van der Waals surface area contributed by atoms with Crippen molar-refractivity contribution in [3.05, 3.63) is 30.1 Å². The number of carbonyl (C=O) groups is 1. The molecule has 0 aromatic heterocycles. The van der Waals surface area contributed by atoms with Crippen molar-refractivity contribution in [1.29, 1.82) is 0 Å². The van der Waals surface area contributed by atoms with Gasteiger partial charge in [-0.05, 0) is 51.1 Å². The van der Waals surface area contributed by atoms with Crippen LogP contribution in [0.4, 0.5) is 10.1 Å². The fourth-order valence-electron chi connectivity index (χ4n) is 2.46. The van der Waals surface area contributed by atoms with Crippen molar-refractivity contribution in [3.63, 3.8) is 0 Å². The fourth-order valence-corrected chi connectivity index (χ4v) is 2.46. The van der Waals surface area contributed by atoms with E-state index in [4.69, 9.17) is 0 Å². The molecule has 104 valence electrons. The second kappa shape index (κ2) is 6.66. The molecular weight excluding hydrogens is 243 g/mol. The van der Waals surface area contributed by atoms with Crippen molar-refractivity contribution < 1.29 is 9.18 Å². The van der Waals surface area contributed by atoms with Gasteiger partial charge in [0.15, 0.2) is 0 Å². The Labute approximate surface area is 113 Å². The molecule has 0 saturated carbocycles. The van der Waals surface area contributed by atoms with Crippen LogP contribution < -0.4 is 5.32 Å². The normalized spacial score (nSPS) is 18.6. The maximum atomic E-state index is 13.1. The molecule has 1 aromatic rings.